The first-order valence-corrected chi connectivity index (χ1v) is 7.70. The van der Waals surface area contributed by atoms with Gasteiger partial charge in [-0.3, -0.25) is 9.80 Å². The number of hydrogen-bond donors (Lipinski definition) is 1. The summed E-state index contributed by atoms with van der Waals surface area (Å²) >= 11 is 0. The highest BCUT2D eigenvalue weighted by Crippen LogP contribution is 2.31. The molecule has 1 spiro atoms. The van der Waals surface area contributed by atoms with Crippen molar-refractivity contribution in [3.63, 3.8) is 0 Å². The number of likely N-dealkylation sites (tertiary alicyclic amines) is 1. The molecule has 0 atom stereocenters. The summed E-state index contributed by atoms with van der Waals surface area (Å²) in [5.41, 5.74) is 2.82. The van der Waals surface area contributed by atoms with E-state index in [4.69, 9.17) is 0 Å². The SMILES string of the molecule is Cc1[nH]cnc1CN1CCC2(CC1)CN(C)CCN2C. The lowest BCUT2D eigenvalue weighted by molar-refractivity contribution is -0.0207. The Balaban J connectivity index is 1.60. The van der Waals surface area contributed by atoms with Crippen molar-refractivity contribution in [1.82, 2.24) is 24.7 Å². The summed E-state index contributed by atoms with van der Waals surface area (Å²) in [7, 11) is 4.56. The zero-order chi connectivity index (χ0) is 14.2. The normalized spacial score (nSPS) is 25.4. The molecule has 0 saturated carbocycles. The highest BCUT2D eigenvalue weighted by Gasteiger charge is 2.41. The molecule has 3 heterocycles. The van der Waals surface area contributed by atoms with Gasteiger partial charge in [-0.25, -0.2) is 4.98 Å². The van der Waals surface area contributed by atoms with E-state index in [0.29, 0.717) is 5.54 Å². The fourth-order valence-electron chi connectivity index (χ4n) is 3.69. The van der Waals surface area contributed by atoms with E-state index in [1.54, 1.807) is 6.33 Å². The molecule has 0 unspecified atom stereocenters. The zero-order valence-electron chi connectivity index (χ0n) is 13.0. The van der Waals surface area contributed by atoms with Crippen LogP contribution in [0.25, 0.3) is 0 Å². The molecule has 1 aromatic rings. The molecule has 0 radical (unpaired) electrons. The van der Waals surface area contributed by atoms with E-state index in [9.17, 15) is 0 Å². The van der Waals surface area contributed by atoms with Gasteiger partial charge in [-0.05, 0) is 33.9 Å². The van der Waals surface area contributed by atoms with Crippen LogP contribution >= 0.6 is 0 Å². The summed E-state index contributed by atoms with van der Waals surface area (Å²) in [6.07, 6.45) is 4.36. The molecule has 1 N–H and O–H groups in total. The third kappa shape index (κ3) is 2.62. The molecule has 20 heavy (non-hydrogen) atoms. The van der Waals surface area contributed by atoms with Crippen molar-refractivity contribution >= 4 is 0 Å². The molecule has 2 saturated heterocycles. The second-order valence-corrected chi connectivity index (χ2v) is 6.63. The third-order valence-electron chi connectivity index (χ3n) is 5.29. The number of likely N-dealkylation sites (N-methyl/N-ethyl adjacent to an activating group) is 2. The largest absolute Gasteiger partial charge is 0.348 e. The van der Waals surface area contributed by atoms with E-state index in [2.05, 4.69) is 45.7 Å². The number of piperidine rings is 1. The first kappa shape index (κ1) is 14.0. The van der Waals surface area contributed by atoms with Crippen LogP contribution in [0.4, 0.5) is 0 Å². The van der Waals surface area contributed by atoms with Crippen LogP contribution in [0.3, 0.4) is 0 Å². The molecule has 3 rings (SSSR count). The molecular weight excluding hydrogens is 250 g/mol. The summed E-state index contributed by atoms with van der Waals surface area (Å²) in [6.45, 7) is 9.10. The quantitative estimate of drug-likeness (QED) is 0.873. The Morgan fingerprint density at radius 2 is 1.95 bits per heavy atom. The minimum absolute atomic E-state index is 0.407. The molecule has 2 aliphatic heterocycles. The van der Waals surface area contributed by atoms with Gasteiger partial charge in [-0.15, -0.1) is 0 Å². The van der Waals surface area contributed by atoms with Gasteiger partial charge in [0, 0.05) is 50.5 Å². The maximum atomic E-state index is 4.43. The Morgan fingerprint density at radius 3 is 2.60 bits per heavy atom. The number of nitrogens with zero attached hydrogens (tertiary/aromatic N) is 4. The molecule has 0 bridgehead atoms. The van der Waals surface area contributed by atoms with E-state index in [1.807, 2.05) is 0 Å². The van der Waals surface area contributed by atoms with Gasteiger partial charge in [0.05, 0.1) is 12.0 Å². The van der Waals surface area contributed by atoms with Crippen LogP contribution in [0.1, 0.15) is 24.2 Å². The van der Waals surface area contributed by atoms with E-state index < -0.39 is 0 Å². The van der Waals surface area contributed by atoms with Crippen molar-refractivity contribution in [3.8, 4) is 0 Å². The number of aromatic nitrogens is 2. The van der Waals surface area contributed by atoms with Crippen LogP contribution in [0.5, 0.6) is 0 Å². The third-order valence-corrected chi connectivity index (χ3v) is 5.29. The lowest BCUT2D eigenvalue weighted by atomic mass is 9.84. The molecule has 2 fully saturated rings. The van der Waals surface area contributed by atoms with E-state index in [0.717, 1.165) is 6.54 Å². The summed E-state index contributed by atoms with van der Waals surface area (Å²) in [4.78, 5) is 15.2. The van der Waals surface area contributed by atoms with E-state index in [-0.39, 0.29) is 0 Å². The number of aromatic amines is 1. The highest BCUT2D eigenvalue weighted by molar-refractivity contribution is 5.09. The van der Waals surface area contributed by atoms with E-state index >= 15 is 0 Å². The van der Waals surface area contributed by atoms with Crippen LogP contribution in [-0.2, 0) is 6.54 Å². The topological polar surface area (TPSA) is 38.4 Å². The van der Waals surface area contributed by atoms with Crippen LogP contribution in [0.15, 0.2) is 6.33 Å². The first-order chi connectivity index (χ1) is 9.59. The van der Waals surface area contributed by atoms with Crippen LogP contribution < -0.4 is 0 Å². The summed E-state index contributed by atoms with van der Waals surface area (Å²) in [5, 5.41) is 0. The van der Waals surface area contributed by atoms with Gasteiger partial charge in [0.25, 0.3) is 0 Å². The van der Waals surface area contributed by atoms with Gasteiger partial charge in [0.15, 0.2) is 0 Å². The lowest BCUT2D eigenvalue weighted by Crippen LogP contribution is -2.63. The van der Waals surface area contributed by atoms with E-state index in [1.165, 1.54) is 57.0 Å². The maximum Gasteiger partial charge on any atom is 0.0925 e. The second-order valence-electron chi connectivity index (χ2n) is 6.63. The van der Waals surface area contributed by atoms with Gasteiger partial charge in [0.2, 0.25) is 0 Å². The van der Waals surface area contributed by atoms with Crippen molar-refractivity contribution < 1.29 is 0 Å². The van der Waals surface area contributed by atoms with Crippen LogP contribution in [0.2, 0.25) is 0 Å². The van der Waals surface area contributed by atoms with Crippen molar-refractivity contribution in [2.75, 3.05) is 46.8 Å². The summed E-state index contributed by atoms with van der Waals surface area (Å²) in [5.74, 6) is 0. The second kappa shape index (κ2) is 5.47. The fourth-order valence-corrected chi connectivity index (χ4v) is 3.69. The number of piperazine rings is 1. The lowest BCUT2D eigenvalue weighted by Gasteiger charge is -2.52. The number of aryl methyl sites for hydroxylation is 1. The van der Waals surface area contributed by atoms with Gasteiger partial charge < -0.3 is 9.88 Å². The molecule has 0 amide bonds. The van der Waals surface area contributed by atoms with Crippen molar-refractivity contribution in [3.05, 3.63) is 17.7 Å². The molecule has 5 heteroatoms. The van der Waals surface area contributed by atoms with Gasteiger partial charge in [0.1, 0.15) is 0 Å². The summed E-state index contributed by atoms with van der Waals surface area (Å²) in [6, 6.07) is 0. The predicted molar refractivity (Wildman–Crippen MR) is 80.7 cm³/mol. The van der Waals surface area contributed by atoms with Crippen LogP contribution in [0, 0.1) is 6.92 Å². The Labute approximate surface area is 122 Å². The maximum absolute atomic E-state index is 4.43. The number of H-pyrrole nitrogens is 1. The molecule has 0 aliphatic carbocycles. The Bertz CT molecular complexity index is 447. The molecule has 0 aromatic carbocycles. The van der Waals surface area contributed by atoms with Crippen LogP contribution in [-0.4, -0.2) is 77.0 Å². The number of nitrogens with one attached hydrogen (secondary N) is 1. The van der Waals surface area contributed by atoms with Crippen molar-refractivity contribution in [2.24, 2.45) is 0 Å². The Hall–Kier alpha value is -0.910. The predicted octanol–water partition coefficient (Wildman–Crippen LogP) is 0.930. The smallest absolute Gasteiger partial charge is 0.0925 e. The Kier molecular flexibility index (Phi) is 3.84. The first-order valence-electron chi connectivity index (χ1n) is 7.70. The van der Waals surface area contributed by atoms with Gasteiger partial charge >= 0.3 is 0 Å². The van der Waals surface area contributed by atoms with Crippen molar-refractivity contribution in [2.45, 2.75) is 31.8 Å². The summed E-state index contributed by atoms with van der Waals surface area (Å²) < 4.78 is 0. The fraction of sp³-hybridized carbons (Fsp3) is 0.800. The molecule has 5 nitrogen and oxygen atoms in total. The van der Waals surface area contributed by atoms with Crippen molar-refractivity contribution in [1.29, 1.82) is 0 Å². The standard InChI is InChI=1S/C15H27N5/c1-13-14(17-12-16-13)10-20-6-4-15(5-7-20)11-18(2)8-9-19(15)3/h12H,4-11H2,1-3H3,(H,16,17). The van der Waals surface area contributed by atoms with Gasteiger partial charge in [-0.2, -0.15) is 0 Å². The highest BCUT2D eigenvalue weighted by atomic mass is 15.3. The number of rotatable bonds is 2. The minimum Gasteiger partial charge on any atom is -0.348 e. The number of imidazole rings is 1. The molecular formula is C15H27N5. The minimum atomic E-state index is 0.407. The monoisotopic (exact) mass is 277 g/mol. The molecule has 112 valence electrons. The molecule has 1 aromatic heterocycles. The zero-order valence-corrected chi connectivity index (χ0v) is 13.0. The number of hydrogen-bond acceptors (Lipinski definition) is 4. The molecule has 2 aliphatic rings. The average molecular weight is 277 g/mol. The average Bonchev–Trinajstić information content (AvgIpc) is 2.83. The Morgan fingerprint density at radius 1 is 1.20 bits per heavy atom. The van der Waals surface area contributed by atoms with Gasteiger partial charge in [-0.1, -0.05) is 0 Å².